The lowest BCUT2D eigenvalue weighted by atomic mass is 10.0. The fourth-order valence-corrected chi connectivity index (χ4v) is 4.56. The maximum Gasteiger partial charge on any atom is 0.362 e. The molecule has 0 saturated carbocycles. The van der Waals surface area contributed by atoms with Gasteiger partial charge in [0.05, 0.1) is 11.9 Å². The Kier molecular flexibility index (Phi) is 4.24. The summed E-state index contributed by atoms with van der Waals surface area (Å²) >= 11 is 0. The summed E-state index contributed by atoms with van der Waals surface area (Å²) in [5.74, 6) is 0.0994. The van der Waals surface area contributed by atoms with Gasteiger partial charge >= 0.3 is 7.60 Å². The van der Waals surface area contributed by atoms with Crippen LogP contribution in [0.1, 0.15) is 43.9 Å². The minimum atomic E-state index is -3.27. The summed E-state index contributed by atoms with van der Waals surface area (Å²) < 4.78 is 23.8. The van der Waals surface area contributed by atoms with Crippen LogP contribution in [0.5, 0.6) is 0 Å². The molecular weight excluding hydrogens is 263 g/mol. The summed E-state index contributed by atoms with van der Waals surface area (Å²) in [7, 11) is -3.27. The van der Waals surface area contributed by atoms with Crippen molar-refractivity contribution in [1.29, 1.82) is 0 Å². The summed E-state index contributed by atoms with van der Waals surface area (Å²) in [5, 5.41) is 0.644. The molecule has 0 aliphatic carbocycles. The van der Waals surface area contributed by atoms with E-state index in [0.29, 0.717) is 18.3 Å². The van der Waals surface area contributed by atoms with Gasteiger partial charge in [0.2, 0.25) is 0 Å². The van der Waals surface area contributed by atoms with Crippen LogP contribution < -0.4 is 5.30 Å². The van der Waals surface area contributed by atoms with E-state index >= 15 is 0 Å². The number of ketones is 1. The Morgan fingerprint density at radius 3 is 2.79 bits per heavy atom. The topological polar surface area (TPSA) is 52.6 Å². The lowest BCUT2D eigenvalue weighted by molar-refractivity contribution is -0.120. The first kappa shape index (κ1) is 14.4. The number of carbonyl (C=O) groups is 1. The molecule has 0 aromatic heterocycles. The highest BCUT2D eigenvalue weighted by Gasteiger charge is 2.43. The first-order chi connectivity index (χ1) is 9.01. The predicted molar refractivity (Wildman–Crippen MR) is 73.8 cm³/mol. The van der Waals surface area contributed by atoms with Crippen LogP contribution in [0.2, 0.25) is 0 Å². The molecule has 19 heavy (non-hydrogen) atoms. The second-order valence-corrected chi connectivity index (χ2v) is 6.53. The predicted octanol–water partition coefficient (Wildman–Crippen LogP) is 3.29. The molecule has 1 aromatic rings. The number of aryl methyl sites for hydroxylation is 1. The fourth-order valence-electron chi connectivity index (χ4n) is 2.36. The molecule has 0 fully saturated rings. The fraction of sp³-hybridized carbons (Fsp3) is 0.500. The summed E-state index contributed by atoms with van der Waals surface area (Å²) in [6, 6.07) is 5.65. The highest BCUT2D eigenvalue weighted by molar-refractivity contribution is 7.62. The number of rotatable bonds is 5. The van der Waals surface area contributed by atoms with Crippen molar-refractivity contribution in [2.75, 3.05) is 6.61 Å². The van der Waals surface area contributed by atoms with Crippen LogP contribution in [0.15, 0.2) is 18.2 Å². The van der Waals surface area contributed by atoms with E-state index in [2.05, 4.69) is 0 Å². The second-order valence-electron chi connectivity index (χ2n) is 4.62. The Labute approximate surface area is 113 Å². The molecule has 104 valence electrons. The molecule has 1 aromatic carbocycles. The van der Waals surface area contributed by atoms with Crippen molar-refractivity contribution in [3.8, 4) is 0 Å². The zero-order valence-electron chi connectivity index (χ0n) is 11.5. The van der Waals surface area contributed by atoms with Crippen molar-refractivity contribution in [3.05, 3.63) is 29.3 Å². The number of Topliss-reactive ketones (excluding diaryl/α,β-unsaturated/α-hetero) is 1. The SMILES string of the molecule is CCOP1(=O)OC(CC(=O)CC)c2cccc(C)c21. The second kappa shape index (κ2) is 5.58. The molecule has 5 heteroatoms. The average Bonchev–Trinajstić information content (AvgIpc) is 2.64. The van der Waals surface area contributed by atoms with Crippen LogP contribution in [0.4, 0.5) is 0 Å². The molecule has 1 aliphatic heterocycles. The van der Waals surface area contributed by atoms with Gasteiger partial charge in [0.15, 0.2) is 0 Å². The number of benzene rings is 1. The van der Waals surface area contributed by atoms with Crippen LogP contribution in [-0.2, 0) is 18.4 Å². The van der Waals surface area contributed by atoms with E-state index in [0.717, 1.165) is 11.1 Å². The largest absolute Gasteiger partial charge is 0.362 e. The van der Waals surface area contributed by atoms with Crippen LogP contribution in [0, 0.1) is 6.92 Å². The average molecular weight is 282 g/mol. The van der Waals surface area contributed by atoms with E-state index in [9.17, 15) is 9.36 Å². The van der Waals surface area contributed by atoms with Gasteiger partial charge in [-0.3, -0.25) is 13.9 Å². The molecule has 0 spiro atoms. The van der Waals surface area contributed by atoms with Gasteiger partial charge in [-0.1, -0.05) is 25.1 Å². The zero-order valence-corrected chi connectivity index (χ0v) is 12.4. The molecule has 0 radical (unpaired) electrons. The molecule has 2 rings (SSSR count). The maximum absolute atomic E-state index is 12.8. The number of hydrogen-bond donors (Lipinski definition) is 0. The van der Waals surface area contributed by atoms with Crippen LogP contribution in [0.3, 0.4) is 0 Å². The van der Waals surface area contributed by atoms with Gasteiger partial charge < -0.3 is 4.52 Å². The zero-order chi connectivity index (χ0) is 14.0. The number of carbonyl (C=O) groups excluding carboxylic acids is 1. The Bertz CT molecular complexity index is 538. The van der Waals surface area contributed by atoms with Crippen molar-refractivity contribution in [1.82, 2.24) is 0 Å². The third kappa shape index (κ3) is 2.66. The van der Waals surface area contributed by atoms with Crippen molar-refractivity contribution < 1.29 is 18.4 Å². The molecular formula is C14H19O4P. The Balaban J connectivity index is 2.42. The van der Waals surface area contributed by atoms with Gasteiger partial charge in [-0.05, 0) is 25.0 Å². The summed E-state index contributed by atoms with van der Waals surface area (Å²) in [4.78, 5) is 11.6. The molecule has 2 atom stereocenters. The standard InChI is InChI=1S/C14H19O4P/c1-4-11(15)9-13-12-8-6-7-10(3)14(12)19(16,18-13)17-5-2/h6-8,13H,4-5,9H2,1-3H3. The number of hydrogen-bond acceptors (Lipinski definition) is 4. The van der Waals surface area contributed by atoms with Gasteiger partial charge in [0.25, 0.3) is 0 Å². The summed E-state index contributed by atoms with van der Waals surface area (Å²) in [6.07, 6.45) is 0.268. The Morgan fingerprint density at radius 1 is 1.42 bits per heavy atom. The van der Waals surface area contributed by atoms with Gasteiger partial charge in [0, 0.05) is 12.8 Å². The summed E-state index contributed by atoms with van der Waals surface area (Å²) in [5.41, 5.74) is 1.72. The number of fused-ring (bicyclic) bond motifs is 1. The van der Waals surface area contributed by atoms with E-state index in [1.807, 2.05) is 32.0 Å². The molecule has 0 amide bonds. The highest BCUT2D eigenvalue weighted by atomic mass is 31.2. The van der Waals surface area contributed by atoms with Gasteiger partial charge in [0.1, 0.15) is 11.9 Å². The van der Waals surface area contributed by atoms with Crippen molar-refractivity contribution in [2.24, 2.45) is 0 Å². The van der Waals surface area contributed by atoms with Crippen LogP contribution in [-0.4, -0.2) is 12.4 Å². The molecule has 0 bridgehead atoms. The van der Waals surface area contributed by atoms with E-state index in [1.165, 1.54) is 0 Å². The van der Waals surface area contributed by atoms with Crippen molar-refractivity contribution >= 4 is 18.7 Å². The third-order valence-electron chi connectivity index (χ3n) is 3.26. The minimum absolute atomic E-state index is 0.0994. The van der Waals surface area contributed by atoms with Crippen LogP contribution in [0.25, 0.3) is 0 Å². The quantitative estimate of drug-likeness (QED) is 0.778. The van der Waals surface area contributed by atoms with E-state index in [1.54, 1.807) is 6.92 Å². The summed E-state index contributed by atoms with van der Waals surface area (Å²) in [6.45, 7) is 5.80. The Hall–Kier alpha value is -0.960. The van der Waals surface area contributed by atoms with E-state index < -0.39 is 13.7 Å². The van der Waals surface area contributed by atoms with Crippen molar-refractivity contribution in [3.63, 3.8) is 0 Å². The molecule has 2 unspecified atom stereocenters. The lowest BCUT2D eigenvalue weighted by Gasteiger charge is -2.14. The third-order valence-corrected chi connectivity index (χ3v) is 5.55. The molecule has 0 saturated heterocycles. The minimum Gasteiger partial charge on any atom is -0.305 e. The lowest BCUT2D eigenvalue weighted by Crippen LogP contribution is -2.11. The van der Waals surface area contributed by atoms with Gasteiger partial charge in [-0.2, -0.15) is 0 Å². The Morgan fingerprint density at radius 2 is 2.16 bits per heavy atom. The monoisotopic (exact) mass is 282 g/mol. The first-order valence-corrected chi connectivity index (χ1v) is 8.10. The van der Waals surface area contributed by atoms with Gasteiger partial charge in [-0.15, -0.1) is 0 Å². The van der Waals surface area contributed by atoms with Crippen molar-refractivity contribution in [2.45, 2.75) is 39.7 Å². The van der Waals surface area contributed by atoms with Gasteiger partial charge in [-0.25, -0.2) is 0 Å². The molecule has 4 nitrogen and oxygen atoms in total. The smallest absolute Gasteiger partial charge is 0.305 e. The van der Waals surface area contributed by atoms with E-state index in [-0.39, 0.29) is 12.2 Å². The maximum atomic E-state index is 12.8. The van der Waals surface area contributed by atoms with E-state index in [4.69, 9.17) is 9.05 Å². The molecule has 1 heterocycles. The molecule has 0 N–H and O–H groups in total. The first-order valence-electron chi connectivity index (χ1n) is 6.56. The molecule has 1 aliphatic rings. The normalized spacial score (nSPS) is 25.3. The highest BCUT2D eigenvalue weighted by Crippen LogP contribution is 2.58. The van der Waals surface area contributed by atoms with Crippen LogP contribution >= 0.6 is 7.60 Å².